The number of halogens is 2. The minimum Gasteiger partial charge on any atom is -0.258 e. The number of rotatable bonds is 1. The highest BCUT2D eigenvalue weighted by atomic mass is 19.1. The maximum Gasteiger partial charge on any atom is 0.340 e. The van der Waals surface area contributed by atoms with Gasteiger partial charge in [-0.2, -0.15) is 14.0 Å². The second kappa shape index (κ2) is 3.15. The number of nitrogens with zero attached hydrogens (tertiary/aromatic N) is 2. The summed E-state index contributed by atoms with van der Waals surface area (Å²) < 4.78 is 25.4. The Balaban J connectivity index is 3.42. The smallest absolute Gasteiger partial charge is 0.258 e. The Kier molecular flexibility index (Phi) is 2.19. The van der Waals surface area contributed by atoms with E-state index in [-0.39, 0.29) is 5.56 Å². The van der Waals surface area contributed by atoms with Gasteiger partial charge in [0.25, 0.3) is 0 Å². The van der Waals surface area contributed by atoms with Crippen LogP contribution in [0.4, 0.5) is 14.5 Å². The average molecular weight is 184 g/mol. The first kappa shape index (κ1) is 9.06. The monoisotopic (exact) mass is 184 g/mol. The molecule has 6 heteroatoms. The summed E-state index contributed by atoms with van der Waals surface area (Å²) in [4.78, 5) is 8.91. The van der Waals surface area contributed by atoms with E-state index in [1.807, 2.05) is 0 Å². The fourth-order valence-corrected chi connectivity index (χ4v) is 0.804. The van der Waals surface area contributed by atoms with Crippen LogP contribution in [0.5, 0.6) is 0 Å². The number of nitriles is 1. The van der Waals surface area contributed by atoms with Crippen LogP contribution >= 0.6 is 0 Å². The lowest BCUT2D eigenvalue weighted by Crippen LogP contribution is -1.97. The first-order valence-electron chi connectivity index (χ1n) is 3.10. The van der Waals surface area contributed by atoms with Gasteiger partial charge in [0.2, 0.25) is 11.6 Å². The number of nitro groups is 1. The first-order chi connectivity index (χ1) is 6.06. The average Bonchev–Trinajstić information content (AvgIpc) is 2.02. The van der Waals surface area contributed by atoms with Crippen LogP contribution in [0.2, 0.25) is 0 Å². The number of hydrogen-bond donors (Lipinski definition) is 0. The summed E-state index contributed by atoms with van der Waals surface area (Å²) >= 11 is 0. The summed E-state index contributed by atoms with van der Waals surface area (Å²) in [6.07, 6.45) is 0. The predicted octanol–water partition coefficient (Wildman–Crippen LogP) is 1.74. The molecule has 0 N–H and O–H groups in total. The Morgan fingerprint density at radius 3 is 2.15 bits per heavy atom. The molecule has 0 saturated heterocycles. The molecule has 0 radical (unpaired) electrons. The van der Waals surface area contributed by atoms with E-state index in [2.05, 4.69) is 0 Å². The molecule has 66 valence electrons. The molecule has 0 bridgehead atoms. The van der Waals surface area contributed by atoms with Crippen molar-refractivity contribution in [1.82, 2.24) is 0 Å². The van der Waals surface area contributed by atoms with Crippen LogP contribution in [0.15, 0.2) is 12.1 Å². The van der Waals surface area contributed by atoms with Crippen LogP contribution < -0.4 is 0 Å². The maximum absolute atomic E-state index is 12.7. The molecule has 0 aliphatic rings. The fraction of sp³-hybridized carbons (Fsp3) is 0. The van der Waals surface area contributed by atoms with Gasteiger partial charge in [0.15, 0.2) is 0 Å². The molecule has 4 nitrogen and oxygen atoms in total. The summed E-state index contributed by atoms with van der Waals surface area (Å²) in [6.45, 7) is 0. The zero-order valence-electron chi connectivity index (χ0n) is 6.12. The second-order valence-corrected chi connectivity index (χ2v) is 2.16. The molecule has 0 spiro atoms. The summed E-state index contributed by atoms with van der Waals surface area (Å²) in [5.41, 5.74) is -1.53. The van der Waals surface area contributed by atoms with Crippen molar-refractivity contribution < 1.29 is 13.7 Å². The lowest BCUT2D eigenvalue weighted by atomic mass is 10.2. The van der Waals surface area contributed by atoms with Crippen LogP contribution in [0.3, 0.4) is 0 Å². The first-order valence-corrected chi connectivity index (χ1v) is 3.10. The standard InChI is InChI=1S/C7H2F2N2O2/c8-5-1-4(3-10)2-6(9)7(5)11(12)13/h1-2H. The van der Waals surface area contributed by atoms with E-state index in [1.165, 1.54) is 6.07 Å². The van der Waals surface area contributed by atoms with Crippen LogP contribution in [0, 0.1) is 33.1 Å². The van der Waals surface area contributed by atoms with Gasteiger partial charge in [-0.1, -0.05) is 0 Å². The molecule has 1 aromatic carbocycles. The Morgan fingerprint density at radius 2 is 1.85 bits per heavy atom. The third-order valence-electron chi connectivity index (χ3n) is 1.33. The van der Waals surface area contributed by atoms with Crippen LogP contribution in [-0.2, 0) is 0 Å². The zero-order valence-corrected chi connectivity index (χ0v) is 6.12. The van der Waals surface area contributed by atoms with Crippen molar-refractivity contribution in [3.8, 4) is 6.07 Å². The SMILES string of the molecule is N#Cc1cc(F)c([N+](=O)[O-])c(F)c1. The van der Waals surface area contributed by atoms with Crippen molar-refractivity contribution in [2.24, 2.45) is 0 Å². The predicted molar refractivity (Wildman–Crippen MR) is 37.7 cm³/mol. The number of hydrogen-bond acceptors (Lipinski definition) is 3. The van der Waals surface area contributed by atoms with E-state index in [9.17, 15) is 18.9 Å². The molecule has 0 amide bonds. The molecule has 0 aromatic heterocycles. The lowest BCUT2D eigenvalue weighted by molar-refractivity contribution is -0.390. The van der Waals surface area contributed by atoms with Gasteiger partial charge in [-0.25, -0.2) is 0 Å². The lowest BCUT2D eigenvalue weighted by Gasteiger charge is -1.95. The molecule has 13 heavy (non-hydrogen) atoms. The highest BCUT2D eigenvalue weighted by Gasteiger charge is 2.21. The summed E-state index contributed by atoms with van der Waals surface area (Å²) in [6, 6.07) is 2.70. The van der Waals surface area contributed by atoms with Gasteiger partial charge < -0.3 is 0 Å². The maximum atomic E-state index is 12.7. The Morgan fingerprint density at radius 1 is 1.38 bits per heavy atom. The van der Waals surface area contributed by atoms with Crippen molar-refractivity contribution in [3.05, 3.63) is 39.4 Å². The molecule has 0 fully saturated rings. The van der Waals surface area contributed by atoms with Crippen LogP contribution in [-0.4, -0.2) is 4.92 Å². The highest BCUT2D eigenvalue weighted by molar-refractivity contribution is 5.41. The van der Waals surface area contributed by atoms with Gasteiger partial charge in [-0.3, -0.25) is 10.1 Å². The van der Waals surface area contributed by atoms with E-state index in [1.54, 1.807) is 0 Å². The zero-order chi connectivity index (χ0) is 10.0. The molecule has 1 rings (SSSR count). The van der Waals surface area contributed by atoms with E-state index < -0.39 is 22.2 Å². The summed E-state index contributed by atoms with van der Waals surface area (Å²) in [5, 5.41) is 18.3. The molecule has 0 saturated carbocycles. The molecule has 0 atom stereocenters. The van der Waals surface area contributed by atoms with Gasteiger partial charge in [0.05, 0.1) is 16.6 Å². The largest absolute Gasteiger partial charge is 0.340 e. The molecule has 0 aliphatic heterocycles. The van der Waals surface area contributed by atoms with Gasteiger partial charge in [-0.05, 0) is 12.1 Å². The van der Waals surface area contributed by atoms with Crippen LogP contribution in [0.25, 0.3) is 0 Å². The fourth-order valence-electron chi connectivity index (χ4n) is 0.804. The van der Waals surface area contributed by atoms with E-state index >= 15 is 0 Å². The molecule has 0 unspecified atom stereocenters. The number of nitro benzene ring substituents is 1. The van der Waals surface area contributed by atoms with Gasteiger partial charge in [0, 0.05) is 0 Å². The molecule has 1 aromatic rings. The Bertz CT molecular complexity index is 388. The topological polar surface area (TPSA) is 66.9 Å². The third kappa shape index (κ3) is 1.59. The molecule has 0 aliphatic carbocycles. The number of benzene rings is 1. The van der Waals surface area contributed by atoms with Gasteiger partial charge in [-0.15, -0.1) is 0 Å². The summed E-state index contributed by atoms with van der Waals surface area (Å²) in [5.74, 6) is -2.69. The molecule has 0 heterocycles. The van der Waals surface area contributed by atoms with Crippen molar-refractivity contribution >= 4 is 5.69 Å². The highest BCUT2D eigenvalue weighted by Crippen LogP contribution is 2.22. The van der Waals surface area contributed by atoms with Crippen molar-refractivity contribution in [2.45, 2.75) is 0 Å². The van der Waals surface area contributed by atoms with E-state index in [4.69, 9.17) is 5.26 Å². The van der Waals surface area contributed by atoms with E-state index in [0.29, 0.717) is 12.1 Å². The summed E-state index contributed by atoms with van der Waals surface area (Å²) in [7, 11) is 0. The Hall–Kier alpha value is -2.03. The van der Waals surface area contributed by atoms with E-state index in [0.717, 1.165) is 0 Å². The van der Waals surface area contributed by atoms with Crippen LogP contribution in [0.1, 0.15) is 5.56 Å². The van der Waals surface area contributed by atoms with Crippen molar-refractivity contribution in [3.63, 3.8) is 0 Å². The van der Waals surface area contributed by atoms with Gasteiger partial charge >= 0.3 is 5.69 Å². The molecular formula is C7H2F2N2O2. The minimum atomic E-state index is -1.35. The van der Waals surface area contributed by atoms with Crippen molar-refractivity contribution in [2.75, 3.05) is 0 Å². The molecular weight excluding hydrogens is 182 g/mol. The second-order valence-electron chi connectivity index (χ2n) is 2.16. The van der Waals surface area contributed by atoms with Gasteiger partial charge in [0.1, 0.15) is 0 Å². The quantitative estimate of drug-likeness (QED) is 0.493. The van der Waals surface area contributed by atoms with Crippen molar-refractivity contribution in [1.29, 1.82) is 5.26 Å². The normalized spacial score (nSPS) is 9.31. The minimum absolute atomic E-state index is 0.291. The third-order valence-corrected chi connectivity index (χ3v) is 1.33. The Labute approximate surface area is 71.2 Å².